The van der Waals surface area contributed by atoms with Crippen molar-refractivity contribution in [3.63, 3.8) is 0 Å². The fourth-order valence-corrected chi connectivity index (χ4v) is 2.54. The average molecular weight is 315 g/mol. The first-order valence-corrected chi connectivity index (χ1v) is 7.63. The number of aryl methyl sites for hydroxylation is 1. The predicted octanol–water partition coefficient (Wildman–Crippen LogP) is 4.40. The number of anilines is 2. The molecule has 0 aliphatic rings. The first kappa shape index (κ1) is 16.0. The highest BCUT2D eigenvalue weighted by molar-refractivity contribution is 7.14. The molecule has 1 aromatic heterocycles. The fourth-order valence-electron chi connectivity index (χ4n) is 1.73. The van der Waals surface area contributed by atoms with Gasteiger partial charge in [0.15, 0.2) is 5.13 Å². The van der Waals surface area contributed by atoms with E-state index >= 15 is 0 Å². The summed E-state index contributed by atoms with van der Waals surface area (Å²) in [5.74, 6) is 0. The van der Waals surface area contributed by atoms with Gasteiger partial charge in [-0.15, -0.1) is 11.3 Å². The van der Waals surface area contributed by atoms with E-state index in [4.69, 9.17) is 10.00 Å². The van der Waals surface area contributed by atoms with Crippen LogP contribution in [0.3, 0.4) is 0 Å². The number of carbonyl (C=O) groups excluding carboxylic acids is 1. The number of hydrogen-bond donors (Lipinski definition) is 0. The molecule has 0 N–H and O–H groups in total. The third-order valence-corrected chi connectivity index (χ3v) is 3.57. The summed E-state index contributed by atoms with van der Waals surface area (Å²) in [6.07, 6.45) is -0.494. The molecular weight excluding hydrogens is 298 g/mol. The molecule has 114 valence electrons. The molecule has 0 radical (unpaired) electrons. The molecule has 1 heterocycles. The van der Waals surface area contributed by atoms with Crippen LogP contribution in [0.15, 0.2) is 29.6 Å². The Balaban J connectivity index is 2.41. The zero-order valence-electron chi connectivity index (χ0n) is 13.0. The van der Waals surface area contributed by atoms with Gasteiger partial charge in [0.2, 0.25) is 0 Å². The van der Waals surface area contributed by atoms with E-state index in [1.807, 2.05) is 33.1 Å². The second-order valence-corrected chi connectivity index (χ2v) is 6.58. The van der Waals surface area contributed by atoms with E-state index < -0.39 is 11.7 Å². The number of nitriles is 1. The zero-order chi connectivity index (χ0) is 16.3. The summed E-state index contributed by atoms with van der Waals surface area (Å²) in [6.45, 7) is 7.31. The van der Waals surface area contributed by atoms with Crippen molar-refractivity contribution < 1.29 is 9.53 Å². The monoisotopic (exact) mass is 315 g/mol. The minimum absolute atomic E-state index is 0.494. The Morgan fingerprint density at radius 3 is 2.41 bits per heavy atom. The zero-order valence-corrected chi connectivity index (χ0v) is 13.8. The van der Waals surface area contributed by atoms with E-state index in [-0.39, 0.29) is 0 Å². The fraction of sp³-hybridized carbons (Fsp3) is 0.312. The number of benzene rings is 1. The van der Waals surface area contributed by atoms with Crippen molar-refractivity contribution in [1.29, 1.82) is 5.26 Å². The third kappa shape index (κ3) is 3.83. The molecule has 0 spiro atoms. The van der Waals surface area contributed by atoms with Crippen molar-refractivity contribution in [2.75, 3.05) is 4.90 Å². The molecule has 1 amide bonds. The SMILES string of the molecule is Cc1csc(N(C(=O)OC(C)(C)C)c2ccc(C#N)cc2)n1. The lowest BCUT2D eigenvalue weighted by atomic mass is 10.2. The van der Waals surface area contributed by atoms with Crippen LogP contribution in [0.25, 0.3) is 0 Å². The van der Waals surface area contributed by atoms with Crippen LogP contribution in [0.4, 0.5) is 15.6 Å². The number of hydrogen-bond acceptors (Lipinski definition) is 5. The summed E-state index contributed by atoms with van der Waals surface area (Å²) in [6, 6.07) is 8.79. The largest absolute Gasteiger partial charge is 0.443 e. The summed E-state index contributed by atoms with van der Waals surface area (Å²) < 4.78 is 5.46. The molecule has 0 aliphatic carbocycles. The molecule has 22 heavy (non-hydrogen) atoms. The second-order valence-electron chi connectivity index (χ2n) is 5.75. The lowest BCUT2D eigenvalue weighted by Crippen LogP contribution is -2.33. The van der Waals surface area contributed by atoms with Crippen LogP contribution in [0.5, 0.6) is 0 Å². The van der Waals surface area contributed by atoms with E-state index in [0.717, 1.165) is 5.69 Å². The number of rotatable bonds is 2. The molecule has 0 bridgehead atoms. The van der Waals surface area contributed by atoms with E-state index in [1.54, 1.807) is 24.3 Å². The minimum atomic E-state index is -0.603. The van der Waals surface area contributed by atoms with Gasteiger partial charge in [-0.2, -0.15) is 5.26 Å². The van der Waals surface area contributed by atoms with Gasteiger partial charge in [0.05, 0.1) is 23.0 Å². The topological polar surface area (TPSA) is 66.2 Å². The second kappa shape index (κ2) is 6.16. The first-order valence-electron chi connectivity index (χ1n) is 6.75. The first-order chi connectivity index (χ1) is 10.3. The molecule has 0 unspecified atom stereocenters. The Hall–Kier alpha value is -2.39. The van der Waals surface area contributed by atoms with Crippen molar-refractivity contribution in [3.05, 3.63) is 40.9 Å². The van der Waals surface area contributed by atoms with Crippen molar-refractivity contribution in [1.82, 2.24) is 4.98 Å². The van der Waals surface area contributed by atoms with E-state index in [0.29, 0.717) is 16.4 Å². The Bertz CT molecular complexity index is 708. The van der Waals surface area contributed by atoms with Gasteiger partial charge < -0.3 is 4.74 Å². The van der Waals surface area contributed by atoms with Crippen molar-refractivity contribution >= 4 is 28.2 Å². The van der Waals surface area contributed by atoms with Gasteiger partial charge >= 0.3 is 6.09 Å². The van der Waals surface area contributed by atoms with Crippen molar-refractivity contribution in [2.45, 2.75) is 33.3 Å². The molecule has 5 nitrogen and oxygen atoms in total. The van der Waals surface area contributed by atoms with Gasteiger partial charge in [-0.3, -0.25) is 0 Å². The average Bonchev–Trinajstić information content (AvgIpc) is 2.84. The van der Waals surface area contributed by atoms with Gasteiger partial charge in [-0.05, 0) is 52.0 Å². The quantitative estimate of drug-likeness (QED) is 0.824. The normalized spacial score (nSPS) is 10.9. The maximum Gasteiger partial charge on any atom is 0.421 e. The van der Waals surface area contributed by atoms with Crippen LogP contribution in [0.2, 0.25) is 0 Å². The summed E-state index contributed by atoms with van der Waals surface area (Å²) in [4.78, 5) is 18.3. The predicted molar refractivity (Wildman–Crippen MR) is 86.4 cm³/mol. The molecule has 1 aromatic carbocycles. The van der Waals surface area contributed by atoms with Gasteiger partial charge in [-0.1, -0.05) is 0 Å². The molecule has 2 aromatic rings. The van der Waals surface area contributed by atoms with Crippen LogP contribution in [-0.4, -0.2) is 16.7 Å². The van der Waals surface area contributed by atoms with Crippen molar-refractivity contribution in [3.8, 4) is 6.07 Å². The summed E-state index contributed by atoms with van der Waals surface area (Å²) in [7, 11) is 0. The summed E-state index contributed by atoms with van der Waals surface area (Å²) >= 11 is 1.37. The van der Waals surface area contributed by atoms with E-state index in [2.05, 4.69) is 11.1 Å². The third-order valence-electron chi connectivity index (χ3n) is 2.63. The molecule has 0 atom stereocenters. The number of amides is 1. The highest BCUT2D eigenvalue weighted by Crippen LogP contribution is 2.30. The lowest BCUT2D eigenvalue weighted by Gasteiger charge is -2.25. The molecule has 0 fully saturated rings. The Kier molecular flexibility index (Phi) is 4.48. The van der Waals surface area contributed by atoms with Gasteiger partial charge in [-0.25, -0.2) is 14.7 Å². The summed E-state index contributed by atoms with van der Waals surface area (Å²) in [5.41, 5.74) is 1.38. The Morgan fingerprint density at radius 2 is 1.95 bits per heavy atom. The molecule has 2 rings (SSSR count). The highest BCUT2D eigenvalue weighted by atomic mass is 32.1. The smallest absolute Gasteiger partial charge is 0.421 e. The number of carbonyl (C=O) groups is 1. The van der Waals surface area contributed by atoms with Gasteiger partial charge in [0.1, 0.15) is 5.60 Å². The highest BCUT2D eigenvalue weighted by Gasteiger charge is 2.26. The van der Waals surface area contributed by atoms with Crippen LogP contribution in [0.1, 0.15) is 32.0 Å². The van der Waals surface area contributed by atoms with Crippen LogP contribution in [0, 0.1) is 18.3 Å². The van der Waals surface area contributed by atoms with E-state index in [1.165, 1.54) is 16.2 Å². The molecule has 0 saturated heterocycles. The molecular formula is C16H17N3O2S. The molecule has 0 saturated carbocycles. The van der Waals surface area contributed by atoms with Gasteiger partial charge in [0, 0.05) is 5.38 Å². The lowest BCUT2D eigenvalue weighted by molar-refractivity contribution is 0.0599. The number of thiazole rings is 1. The maximum atomic E-state index is 12.5. The van der Waals surface area contributed by atoms with Gasteiger partial charge in [0.25, 0.3) is 0 Å². The number of aromatic nitrogens is 1. The van der Waals surface area contributed by atoms with E-state index in [9.17, 15) is 4.79 Å². The van der Waals surface area contributed by atoms with Crippen LogP contribution >= 0.6 is 11.3 Å². The Labute approximate surface area is 133 Å². The number of ether oxygens (including phenoxy) is 1. The van der Waals surface area contributed by atoms with Crippen LogP contribution < -0.4 is 4.90 Å². The maximum absolute atomic E-state index is 12.5. The summed E-state index contributed by atoms with van der Waals surface area (Å²) in [5, 5.41) is 11.3. The standard InChI is InChI=1S/C16H17N3O2S/c1-11-10-22-14(18-11)19(15(20)21-16(2,3)4)13-7-5-12(9-17)6-8-13/h5-8,10H,1-4H3. The Morgan fingerprint density at radius 1 is 1.32 bits per heavy atom. The molecule has 6 heteroatoms. The number of nitrogens with zero attached hydrogens (tertiary/aromatic N) is 3. The molecule has 0 aliphatic heterocycles. The van der Waals surface area contributed by atoms with Crippen molar-refractivity contribution in [2.24, 2.45) is 0 Å². The minimum Gasteiger partial charge on any atom is -0.443 e. The van der Waals surface area contributed by atoms with Crippen LogP contribution in [-0.2, 0) is 4.74 Å².